The van der Waals surface area contributed by atoms with E-state index in [2.05, 4.69) is 17.2 Å². The number of nitrogens with one attached hydrogen (secondary N) is 1. The predicted octanol–water partition coefficient (Wildman–Crippen LogP) is 3.79. The number of carbonyl (C=O) groups is 1. The van der Waals surface area contributed by atoms with Crippen molar-refractivity contribution in [1.82, 2.24) is 14.9 Å². The molecule has 2 aromatic carbocycles. The molecule has 0 spiro atoms. The lowest BCUT2D eigenvalue weighted by Crippen LogP contribution is -2.30. The molecule has 0 radical (unpaired) electrons. The summed E-state index contributed by atoms with van der Waals surface area (Å²) in [4.78, 5) is 30.2. The molecule has 3 aromatic rings. The summed E-state index contributed by atoms with van der Waals surface area (Å²) in [6, 6.07) is 17.2. The number of nitrogens with zero attached hydrogens (tertiary/aromatic N) is 2. The molecule has 0 aliphatic heterocycles. The number of thioether (sulfide) groups is 1. The van der Waals surface area contributed by atoms with E-state index >= 15 is 0 Å². The Morgan fingerprint density at radius 1 is 1.17 bits per heavy atom. The number of rotatable bonds is 10. The van der Waals surface area contributed by atoms with Gasteiger partial charge in [-0.3, -0.25) is 14.2 Å². The van der Waals surface area contributed by atoms with Crippen LogP contribution in [0.5, 0.6) is 0 Å². The molecule has 0 unspecified atom stereocenters. The van der Waals surface area contributed by atoms with Crippen LogP contribution in [0.1, 0.15) is 31.4 Å². The minimum atomic E-state index is -0.117. The Kier molecular flexibility index (Phi) is 8.04. The van der Waals surface area contributed by atoms with E-state index in [-0.39, 0.29) is 23.3 Å². The zero-order chi connectivity index (χ0) is 21.3. The standard InChI is InChI=1S/C23H27N3O3S/c1-3-9-19(17-10-5-4-6-11-17)24-21(27)16-30-23-25-20-13-8-7-12-18(20)22(28)26(23)14-15-29-2/h4-8,10-13,19H,3,9,14-16H2,1-2H3,(H,24,27)/t19-/m1/s1. The van der Waals surface area contributed by atoms with Gasteiger partial charge in [0.25, 0.3) is 5.56 Å². The summed E-state index contributed by atoms with van der Waals surface area (Å²) < 4.78 is 6.73. The molecule has 1 amide bonds. The maximum atomic E-state index is 12.9. The van der Waals surface area contributed by atoms with Gasteiger partial charge in [-0.15, -0.1) is 0 Å². The summed E-state index contributed by atoms with van der Waals surface area (Å²) in [5.74, 6) is 0.105. The number of amides is 1. The fourth-order valence-corrected chi connectivity index (χ4v) is 4.14. The molecular weight excluding hydrogens is 398 g/mol. The minimum Gasteiger partial charge on any atom is -0.383 e. The molecule has 1 aromatic heterocycles. The van der Waals surface area contributed by atoms with Gasteiger partial charge in [0.1, 0.15) is 0 Å². The quantitative estimate of drug-likeness (QED) is 0.395. The third kappa shape index (κ3) is 5.49. The number of ether oxygens (including phenoxy) is 1. The fourth-order valence-electron chi connectivity index (χ4n) is 3.30. The highest BCUT2D eigenvalue weighted by Gasteiger charge is 2.16. The molecule has 0 saturated heterocycles. The van der Waals surface area contributed by atoms with Crippen LogP contribution in [0.3, 0.4) is 0 Å². The van der Waals surface area contributed by atoms with Crippen molar-refractivity contribution in [3.05, 3.63) is 70.5 Å². The topological polar surface area (TPSA) is 73.2 Å². The SMILES string of the molecule is CCC[C@@H](NC(=O)CSc1nc2ccccc2c(=O)n1CCOC)c1ccccc1. The molecule has 0 saturated carbocycles. The van der Waals surface area contributed by atoms with E-state index in [1.165, 1.54) is 11.8 Å². The number of methoxy groups -OCH3 is 1. The lowest BCUT2D eigenvalue weighted by Gasteiger charge is -2.19. The maximum absolute atomic E-state index is 12.9. The lowest BCUT2D eigenvalue weighted by atomic mass is 10.0. The molecule has 7 heteroatoms. The van der Waals surface area contributed by atoms with Gasteiger partial charge in [0.05, 0.1) is 35.8 Å². The van der Waals surface area contributed by atoms with Crippen molar-refractivity contribution in [3.63, 3.8) is 0 Å². The van der Waals surface area contributed by atoms with Gasteiger partial charge in [0, 0.05) is 7.11 Å². The van der Waals surface area contributed by atoms with Crippen LogP contribution in [0.4, 0.5) is 0 Å². The number of hydrogen-bond donors (Lipinski definition) is 1. The maximum Gasteiger partial charge on any atom is 0.262 e. The number of fused-ring (bicyclic) bond motifs is 1. The Morgan fingerprint density at radius 3 is 2.63 bits per heavy atom. The highest BCUT2D eigenvalue weighted by Crippen LogP contribution is 2.21. The van der Waals surface area contributed by atoms with E-state index in [1.807, 2.05) is 48.5 Å². The average molecular weight is 426 g/mol. The lowest BCUT2D eigenvalue weighted by molar-refractivity contribution is -0.119. The first-order chi connectivity index (χ1) is 14.6. The predicted molar refractivity (Wildman–Crippen MR) is 121 cm³/mol. The highest BCUT2D eigenvalue weighted by molar-refractivity contribution is 7.99. The van der Waals surface area contributed by atoms with Crippen molar-refractivity contribution in [2.24, 2.45) is 0 Å². The molecule has 0 bridgehead atoms. The first kappa shape index (κ1) is 22.1. The van der Waals surface area contributed by atoms with Crippen LogP contribution >= 0.6 is 11.8 Å². The van der Waals surface area contributed by atoms with Crippen LogP contribution in [0, 0.1) is 0 Å². The second kappa shape index (κ2) is 10.9. The summed E-state index contributed by atoms with van der Waals surface area (Å²) in [5, 5.41) is 4.21. The summed E-state index contributed by atoms with van der Waals surface area (Å²) in [6.45, 7) is 2.89. The number of benzene rings is 2. The molecule has 0 fully saturated rings. The Bertz CT molecular complexity index is 1040. The molecule has 3 rings (SSSR count). The van der Waals surface area contributed by atoms with Crippen LogP contribution in [0.2, 0.25) is 0 Å². The van der Waals surface area contributed by atoms with Gasteiger partial charge in [-0.1, -0.05) is 67.6 Å². The third-order valence-corrected chi connectivity index (χ3v) is 5.77. The van der Waals surface area contributed by atoms with Crippen molar-refractivity contribution in [3.8, 4) is 0 Å². The van der Waals surface area contributed by atoms with E-state index in [9.17, 15) is 9.59 Å². The van der Waals surface area contributed by atoms with Gasteiger partial charge in [-0.25, -0.2) is 4.98 Å². The Hall–Kier alpha value is -2.64. The average Bonchev–Trinajstić information content (AvgIpc) is 2.77. The van der Waals surface area contributed by atoms with Crippen molar-refractivity contribution in [2.75, 3.05) is 19.5 Å². The van der Waals surface area contributed by atoms with Crippen molar-refractivity contribution >= 4 is 28.6 Å². The normalized spacial score (nSPS) is 12.1. The second-order valence-corrected chi connectivity index (χ2v) is 7.91. The number of aromatic nitrogens is 2. The number of carbonyl (C=O) groups excluding carboxylic acids is 1. The first-order valence-corrected chi connectivity index (χ1v) is 11.1. The zero-order valence-corrected chi connectivity index (χ0v) is 18.2. The van der Waals surface area contributed by atoms with Gasteiger partial charge in [0.15, 0.2) is 5.16 Å². The van der Waals surface area contributed by atoms with E-state index in [4.69, 9.17) is 4.74 Å². The van der Waals surface area contributed by atoms with Crippen molar-refractivity contribution in [2.45, 2.75) is 37.5 Å². The first-order valence-electron chi connectivity index (χ1n) is 10.1. The Morgan fingerprint density at radius 2 is 1.90 bits per heavy atom. The molecule has 6 nitrogen and oxygen atoms in total. The molecular formula is C23H27N3O3S. The van der Waals surface area contributed by atoms with Crippen LogP contribution in [-0.2, 0) is 16.1 Å². The molecule has 0 aliphatic rings. The van der Waals surface area contributed by atoms with Gasteiger partial charge in [-0.2, -0.15) is 0 Å². The molecule has 1 atom stereocenters. The summed E-state index contributed by atoms with van der Waals surface area (Å²) >= 11 is 1.27. The van der Waals surface area contributed by atoms with Crippen LogP contribution in [0.25, 0.3) is 10.9 Å². The smallest absolute Gasteiger partial charge is 0.262 e. The molecule has 0 aliphatic carbocycles. The van der Waals surface area contributed by atoms with Gasteiger partial charge in [-0.05, 0) is 24.1 Å². The van der Waals surface area contributed by atoms with Gasteiger partial charge >= 0.3 is 0 Å². The largest absolute Gasteiger partial charge is 0.383 e. The Balaban J connectivity index is 1.76. The number of para-hydroxylation sites is 1. The Labute approximate surface area is 180 Å². The van der Waals surface area contributed by atoms with Crippen LogP contribution < -0.4 is 10.9 Å². The highest BCUT2D eigenvalue weighted by atomic mass is 32.2. The van der Waals surface area contributed by atoms with E-state index in [1.54, 1.807) is 17.7 Å². The molecule has 30 heavy (non-hydrogen) atoms. The van der Waals surface area contributed by atoms with Gasteiger partial charge in [0.2, 0.25) is 5.91 Å². The van der Waals surface area contributed by atoms with Crippen molar-refractivity contribution < 1.29 is 9.53 Å². The van der Waals surface area contributed by atoms with Gasteiger partial charge < -0.3 is 10.1 Å². The van der Waals surface area contributed by atoms with E-state index in [0.717, 1.165) is 18.4 Å². The van der Waals surface area contributed by atoms with Crippen LogP contribution in [0.15, 0.2) is 64.5 Å². The van der Waals surface area contributed by atoms with Crippen LogP contribution in [-0.4, -0.2) is 34.9 Å². The second-order valence-electron chi connectivity index (χ2n) is 6.97. The summed E-state index contributed by atoms with van der Waals surface area (Å²) in [6.07, 6.45) is 1.84. The fraction of sp³-hybridized carbons (Fsp3) is 0.348. The van der Waals surface area contributed by atoms with Crippen molar-refractivity contribution in [1.29, 1.82) is 0 Å². The summed E-state index contributed by atoms with van der Waals surface area (Å²) in [5.41, 5.74) is 1.61. The number of hydrogen-bond acceptors (Lipinski definition) is 5. The third-order valence-electron chi connectivity index (χ3n) is 4.79. The summed E-state index contributed by atoms with van der Waals surface area (Å²) in [7, 11) is 1.59. The van der Waals surface area contributed by atoms with E-state index < -0.39 is 0 Å². The molecule has 1 N–H and O–H groups in total. The molecule has 158 valence electrons. The zero-order valence-electron chi connectivity index (χ0n) is 17.3. The minimum absolute atomic E-state index is 0.0236. The van der Waals surface area contributed by atoms with E-state index in [0.29, 0.717) is 29.2 Å². The monoisotopic (exact) mass is 425 g/mol. The molecule has 1 heterocycles.